The molecule has 12 heavy (non-hydrogen) atoms. The van der Waals surface area contributed by atoms with E-state index in [2.05, 4.69) is 39.2 Å². The minimum atomic E-state index is 0.862. The van der Waals surface area contributed by atoms with E-state index >= 15 is 0 Å². The Balaban J connectivity index is 2.78. The van der Waals surface area contributed by atoms with Gasteiger partial charge in [-0.1, -0.05) is 34.1 Å². The fourth-order valence-electron chi connectivity index (χ4n) is 1.33. The van der Waals surface area contributed by atoms with Gasteiger partial charge in [0.1, 0.15) is 0 Å². The van der Waals surface area contributed by atoms with Gasteiger partial charge < -0.3 is 0 Å². The molecule has 0 radical (unpaired) electrons. The Bertz CT molecular complexity index is 406. The fourth-order valence-corrected chi connectivity index (χ4v) is 1.79. The smallest absolute Gasteiger partial charge is 0.0963 e. The highest BCUT2D eigenvalue weighted by Gasteiger charge is 2.01. The Labute approximate surface area is 79.3 Å². The van der Waals surface area contributed by atoms with Gasteiger partial charge in [-0.05, 0) is 5.56 Å². The van der Waals surface area contributed by atoms with Gasteiger partial charge in [0.05, 0.1) is 5.52 Å². The first-order chi connectivity index (χ1) is 5.81. The van der Waals surface area contributed by atoms with Crippen LogP contribution in [0.25, 0.3) is 10.9 Å². The lowest BCUT2D eigenvalue weighted by Gasteiger charge is -1.94. The Hall–Kier alpha value is -0.830. The van der Waals surface area contributed by atoms with E-state index in [0.29, 0.717) is 0 Å². The number of aromatic nitrogens is 2. The SMILES string of the molecule is Cn1cc2cccc(CBr)c2n1. The second-order valence-electron chi connectivity index (χ2n) is 2.79. The van der Waals surface area contributed by atoms with Crippen LogP contribution < -0.4 is 0 Å². The second-order valence-corrected chi connectivity index (χ2v) is 3.35. The summed E-state index contributed by atoms with van der Waals surface area (Å²) in [5.74, 6) is 0. The summed E-state index contributed by atoms with van der Waals surface area (Å²) in [5, 5.41) is 6.44. The molecule has 0 N–H and O–H groups in total. The normalized spacial score (nSPS) is 10.8. The number of hydrogen-bond donors (Lipinski definition) is 0. The number of rotatable bonds is 1. The van der Waals surface area contributed by atoms with Crippen molar-refractivity contribution < 1.29 is 0 Å². The number of hydrogen-bond acceptors (Lipinski definition) is 1. The molecule has 0 spiro atoms. The van der Waals surface area contributed by atoms with Gasteiger partial charge in [0.2, 0.25) is 0 Å². The summed E-state index contributed by atoms with van der Waals surface area (Å²) in [4.78, 5) is 0. The number of alkyl halides is 1. The maximum atomic E-state index is 4.37. The zero-order valence-electron chi connectivity index (χ0n) is 6.79. The van der Waals surface area contributed by atoms with Crippen LogP contribution in [0.2, 0.25) is 0 Å². The maximum Gasteiger partial charge on any atom is 0.0963 e. The molecule has 2 rings (SSSR count). The quantitative estimate of drug-likeness (QED) is 0.681. The summed E-state index contributed by atoms with van der Waals surface area (Å²) >= 11 is 3.44. The third-order valence-corrected chi connectivity index (χ3v) is 2.48. The van der Waals surface area contributed by atoms with Crippen molar-refractivity contribution in [1.82, 2.24) is 9.78 Å². The summed E-state index contributed by atoms with van der Waals surface area (Å²) < 4.78 is 1.84. The van der Waals surface area contributed by atoms with Crippen molar-refractivity contribution in [3.63, 3.8) is 0 Å². The molecule has 0 aliphatic carbocycles. The number of aryl methyl sites for hydroxylation is 1. The summed E-state index contributed by atoms with van der Waals surface area (Å²) in [6.45, 7) is 0. The van der Waals surface area contributed by atoms with E-state index < -0.39 is 0 Å². The lowest BCUT2D eigenvalue weighted by atomic mass is 10.2. The topological polar surface area (TPSA) is 17.8 Å². The minimum Gasteiger partial charge on any atom is -0.275 e. The van der Waals surface area contributed by atoms with Gasteiger partial charge in [-0.2, -0.15) is 5.10 Å². The van der Waals surface area contributed by atoms with Crippen molar-refractivity contribution in [1.29, 1.82) is 0 Å². The highest BCUT2D eigenvalue weighted by atomic mass is 79.9. The molecule has 62 valence electrons. The highest BCUT2D eigenvalue weighted by Crippen LogP contribution is 2.18. The van der Waals surface area contributed by atoms with Gasteiger partial charge in [-0.25, -0.2) is 0 Å². The van der Waals surface area contributed by atoms with E-state index in [4.69, 9.17) is 0 Å². The Kier molecular flexibility index (Phi) is 1.89. The molecule has 0 fully saturated rings. The summed E-state index contributed by atoms with van der Waals surface area (Å²) in [5.41, 5.74) is 2.34. The molecule has 1 aromatic heterocycles. The average Bonchev–Trinajstić information content (AvgIpc) is 2.44. The first-order valence-electron chi connectivity index (χ1n) is 3.78. The van der Waals surface area contributed by atoms with Crippen molar-refractivity contribution in [2.45, 2.75) is 5.33 Å². The molecule has 2 aromatic rings. The molecule has 2 nitrogen and oxygen atoms in total. The van der Waals surface area contributed by atoms with Crippen molar-refractivity contribution in [2.24, 2.45) is 7.05 Å². The molecule has 0 aliphatic rings. The molecule has 0 saturated heterocycles. The molecule has 0 aliphatic heterocycles. The summed E-state index contributed by atoms with van der Waals surface area (Å²) in [7, 11) is 1.94. The van der Waals surface area contributed by atoms with Crippen LogP contribution in [0, 0.1) is 0 Å². The van der Waals surface area contributed by atoms with E-state index in [1.165, 1.54) is 10.9 Å². The fraction of sp³-hybridized carbons (Fsp3) is 0.222. The largest absolute Gasteiger partial charge is 0.275 e. The molecule has 0 amide bonds. The van der Waals surface area contributed by atoms with Gasteiger partial charge in [0.25, 0.3) is 0 Å². The van der Waals surface area contributed by atoms with Crippen molar-refractivity contribution in [3.8, 4) is 0 Å². The summed E-state index contributed by atoms with van der Waals surface area (Å²) in [6, 6.07) is 6.22. The van der Waals surface area contributed by atoms with E-state index in [1.54, 1.807) is 0 Å². The highest BCUT2D eigenvalue weighted by molar-refractivity contribution is 9.08. The van der Waals surface area contributed by atoms with Crippen LogP contribution >= 0.6 is 15.9 Å². The van der Waals surface area contributed by atoms with E-state index in [9.17, 15) is 0 Å². The predicted molar refractivity (Wildman–Crippen MR) is 53.3 cm³/mol. The molecule has 0 atom stereocenters. The van der Waals surface area contributed by atoms with Crippen LogP contribution in [0.5, 0.6) is 0 Å². The minimum absolute atomic E-state index is 0.862. The number of nitrogens with zero attached hydrogens (tertiary/aromatic N) is 2. The average molecular weight is 225 g/mol. The molecule has 1 heterocycles. The Morgan fingerprint density at radius 1 is 1.50 bits per heavy atom. The van der Waals surface area contributed by atoms with Crippen LogP contribution in [0.3, 0.4) is 0 Å². The van der Waals surface area contributed by atoms with Crippen LogP contribution in [0.4, 0.5) is 0 Å². The van der Waals surface area contributed by atoms with Gasteiger partial charge in [-0.3, -0.25) is 4.68 Å². The lowest BCUT2D eigenvalue weighted by molar-refractivity contribution is 0.779. The van der Waals surface area contributed by atoms with Gasteiger partial charge in [0.15, 0.2) is 0 Å². The van der Waals surface area contributed by atoms with E-state index in [0.717, 1.165) is 10.8 Å². The molecular weight excluding hydrogens is 216 g/mol. The van der Waals surface area contributed by atoms with Crippen molar-refractivity contribution in [3.05, 3.63) is 30.0 Å². The molecule has 0 unspecified atom stereocenters. The number of halogens is 1. The zero-order valence-corrected chi connectivity index (χ0v) is 8.37. The van der Waals surface area contributed by atoms with Crippen molar-refractivity contribution >= 4 is 26.8 Å². The zero-order chi connectivity index (χ0) is 8.55. The molecule has 1 aromatic carbocycles. The third kappa shape index (κ3) is 1.14. The van der Waals surface area contributed by atoms with E-state index in [-0.39, 0.29) is 0 Å². The van der Waals surface area contributed by atoms with Crippen molar-refractivity contribution in [2.75, 3.05) is 0 Å². The molecular formula is C9H9BrN2. The Morgan fingerprint density at radius 3 is 3.08 bits per heavy atom. The van der Waals surface area contributed by atoms with Crippen LogP contribution in [-0.2, 0) is 12.4 Å². The van der Waals surface area contributed by atoms with Gasteiger partial charge in [0, 0.05) is 24.0 Å². The van der Waals surface area contributed by atoms with Crippen LogP contribution in [-0.4, -0.2) is 9.78 Å². The van der Waals surface area contributed by atoms with Gasteiger partial charge >= 0.3 is 0 Å². The molecule has 0 bridgehead atoms. The van der Waals surface area contributed by atoms with Gasteiger partial charge in [-0.15, -0.1) is 0 Å². The third-order valence-electron chi connectivity index (χ3n) is 1.88. The van der Waals surface area contributed by atoms with Crippen LogP contribution in [0.1, 0.15) is 5.56 Å². The summed E-state index contributed by atoms with van der Waals surface area (Å²) in [6.07, 6.45) is 2.03. The Morgan fingerprint density at radius 2 is 2.33 bits per heavy atom. The standard InChI is InChI=1S/C9H9BrN2/c1-12-6-8-4-2-3-7(5-10)9(8)11-12/h2-4,6H,5H2,1H3. The second kappa shape index (κ2) is 2.90. The lowest BCUT2D eigenvalue weighted by Crippen LogP contribution is -1.86. The predicted octanol–water partition coefficient (Wildman–Crippen LogP) is 2.47. The molecule has 3 heteroatoms. The maximum absolute atomic E-state index is 4.37. The first-order valence-corrected chi connectivity index (χ1v) is 4.90. The number of fused-ring (bicyclic) bond motifs is 1. The first kappa shape index (κ1) is 7.80. The van der Waals surface area contributed by atoms with E-state index in [1.807, 2.05) is 17.9 Å². The monoisotopic (exact) mass is 224 g/mol. The van der Waals surface area contributed by atoms with Crippen LogP contribution in [0.15, 0.2) is 24.4 Å². The molecule has 0 saturated carbocycles. The number of benzene rings is 1.